The first-order valence-electron chi connectivity index (χ1n) is 4.68. The van der Waals surface area contributed by atoms with Gasteiger partial charge in [0, 0.05) is 19.2 Å². The third-order valence-electron chi connectivity index (χ3n) is 2.34. The molecule has 0 unspecified atom stereocenters. The van der Waals surface area contributed by atoms with E-state index in [2.05, 4.69) is 23.8 Å². The summed E-state index contributed by atoms with van der Waals surface area (Å²) in [6.07, 6.45) is 1.71. The van der Waals surface area contributed by atoms with Gasteiger partial charge in [-0.2, -0.15) is 0 Å². The number of aromatic nitrogens is 3. The van der Waals surface area contributed by atoms with Gasteiger partial charge in [0.1, 0.15) is 11.3 Å². The monoisotopic (exact) mass is 190 g/mol. The van der Waals surface area contributed by atoms with Gasteiger partial charge in [0.05, 0.1) is 5.69 Å². The minimum atomic E-state index is 0.383. The smallest absolute Gasteiger partial charge is 0.161 e. The molecule has 2 heterocycles. The normalized spacial score (nSPS) is 11.4. The molecule has 0 atom stereocenters. The summed E-state index contributed by atoms with van der Waals surface area (Å²) in [7, 11) is 1.97. The molecule has 2 rings (SSSR count). The Kier molecular flexibility index (Phi) is 1.91. The summed E-state index contributed by atoms with van der Waals surface area (Å²) in [4.78, 5) is 8.75. The fourth-order valence-electron chi connectivity index (χ4n) is 1.63. The van der Waals surface area contributed by atoms with Gasteiger partial charge in [0.2, 0.25) is 0 Å². The molecule has 2 aromatic rings. The number of rotatable bonds is 1. The molecule has 0 bridgehead atoms. The Labute approximate surface area is 82.8 Å². The number of anilines is 1. The molecule has 4 nitrogen and oxygen atoms in total. The molecule has 0 amide bonds. The predicted octanol–water partition coefficient (Wildman–Crippen LogP) is 1.67. The predicted molar refractivity (Wildman–Crippen MR) is 57.0 cm³/mol. The van der Waals surface area contributed by atoms with E-state index in [1.54, 1.807) is 12.3 Å². The van der Waals surface area contributed by atoms with Crippen LogP contribution in [-0.2, 0) is 7.05 Å². The van der Waals surface area contributed by atoms with Crippen LogP contribution in [0.15, 0.2) is 12.3 Å². The van der Waals surface area contributed by atoms with Crippen molar-refractivity contribution in [1.29, 1.82) is 0 Å². The Morgan fingerprint density at radius 2 is 2.14 bits per heavy atom. The molecule has 0 aliphatic rings. The van der Waals surface area contributed by atoms with Crippen molar-refractivity contribution in [1.82, 2.24) is 14.5 Å². The largest absolute Gasteiger partial charge is 0.397 e. The molecule has 0 fully saturated rings. The quantitative estimate of drug-likeness (QED) is 0.744. The van der Waals surface area contributed by atoms with Gasteiger partial charge in [0.25, 0.3) is 0 Å². The fraction of sp³-hybridized carbons (Fsp3) is 0.400. The van der Waals surface area contributed by atoms with E-state index in [0.717, 1.165) is 17.0 Å². The van der Waals surface area contributed by atoms with Gasteiger partial charge in [-0.15, -0.1) is 0 Å². The van der Waals surface area contributed by atoms with Crippen molar-refractivity contribution >= 4 is 16.9 Å². The Balaban J connectivity index is 2.80. The Morgan fingerprint density at radius 1 is 1.43 bits per heavy atom. The van der Waals surface area contributed by atoms with E-state index >= 15 is 0 Å². The SMILES string of the molecule is CC(C)c1nc2c(N)ccnc2n1C. The summed E-state index contributed by atoms with van der Waals surface area (Å²) < 4.78 is 2.00. The highest BCUT2D eigenvalue weighted by Gasteiger charge is 2.12. The molecule has 0 saturated carbocycles. The maximum absolute atomic E-state index is 5.82. The Hall–Kier alpha value is -1.58. The van der Waals surface area contributed by atoms with E-state index in [-0.39, 0.29) is 0 Å². The molecule has 4 heteroatoms. The molecule has 14 heavy (non-hydrogen) atoms. The van der Waals surface area contributed by atoms with Crippen molar-refractivity contribution in [2.45, 2.75) is 19.8 Å². The molecule has 0 saturated heterocycles. The number of aryl methyl sites for hydroxylation is 1. The highest BCUT2D eigenvalue weighted by atomic mass is 15.1. The lowest BCUT2D eigenvalue weighted by atomic mass is 10.2. The number of hydrogen-bond donors (Lipinski definition) is 1. The lowest BCUT2D eigenvalue weighted by Gasteiger charge is -2.03. The number of hydrogen-bond acceptors (Lipinski definition) is 3. The van der Waals surface area contributed by atoms with Crippen LogP contribution in [0.2, 0.25) is 0 Å². The third-order valence-corrected chi connectivity index (χ3v) is 2.34. The first kappa shape index (κ1) is 8.99. The molecule has 2 aromatic heterocycles. The van der Waals surface area contributed by atoms with Gasteiger partial charge < -0.3 is 10.3 Å². The van der Waals surface area contributed by atoms with Gasteiger partial charge in [-0.05, 0) is 6.07 Å². The van der Waals surface area contributed by atoms with E-state index in [9.17, 15) is 0 Å². The Morgan fingerprint density at radius 3 is 2.71 bits per heavy atom. The average Bonchev–Trinajstić information content (AvgIpc) is 2.46. The van der Waals surface area contributed by atoms with Crippen LogP contribution in [0, 0.1) is 0 Å². The van der Waals surface area contributed by atoms with Gasteiger partial charge in [-0.1, -0.05) is 13.8 Å². The van der Waals surface area contributed by atoms with Crippen LogP contribution in [0.1, 0.15) is 25.6 Å². The third kappa shape index (κ3) is 1.14. The summed E-state index contributed by atoms with van der Waals surface area (Å²) in [5, 5.41) is 0. The highest BCUT2D eigenvalue weighted by Crippen LogP contribution is 2.22. The number of nitrogens with zero attached hydrogens (tertiary/aromatic N) is 3. The lowest BCUT2D eigenvalue weighted by molar-refractivity contribution is 0.719. The zero-order valence-corrected chi connectivity index (χ0v) is 8.65. The fourth-order valence-corrected chi connectivity index (χ4v) is 1.63. The highest BCUT2D eigenvalue weighted by molar-refractivity contribution is 5.84. The second-order valence-corrected chi connectivity index (χ2v) is 3.76. The van der Waals surface area contributed by atoms with Crippen LogP contribution in [0.3, 0.4) is 0 Å². The Bertz CT molecular complexity index is 470. The summed E-state index contributed by atoms with van der Waals surface area (Å²) >= 11 is 0. The van der Waals surface area contributed by atoms with Crippen molar-refractivity contribution in [3.63, 3.8) is 0 Å². The van der Waals surface area contributed by atoms with Crippen LogP contribution >= 0.6 is 0 Å². The summed E-state index contributed by atoms with van der Waals surface area (Å²) in [6.45, 7) is 4.22. The van der Waals surface area contributed by atoms with Crippen LogP contribution in [0.4, 0.5) is 5.69 Å². The minimum Gasteiger partial charge on any atom is -0.397 e. The van der Waals surface area contributed by atoms with E-state index < -0.39 is 0 Å². The van der Waals surface area contributed by atoms with E-state index in [1.807, 2.05) is 11.6 Å². The minimum absolute atomic E-state index is 0.383. The number of nitrogen functional groups attached to an aromatic ring is 1. The zero-order chi connectivity index (χ0) is 10.3. The lowest BCUT2D eigenvalue weighted by Crippen LogP contribution is -1.99. The zero-order valence-electron chi connectivity index (χ0n) is 8.65. The van der Waals surface area contributed by atoms with E-state index in [1.165, 1.54) is 0 Å². The van der Waals surface area contributed by atoms with Gasteiger partial charge in [-0.3, -0.25) is 0 Å². The number of fused-ring (bicyclic) bond motifs is 1. The number of pyridine rings is 1. The van der Waals surface area contributed by atoms with Crippen molar-refractivity contribution < 1.29 is 0 Å². The summed E-state index contributed by atoms with van der Waals surface area (Å²) in [5.74, 6) is 1.40. The second kappa shape index (κ2) is 2.97. The maximum Gasteiger partial charge on any atom is 0.161 e. The molecule has 0 aromatic carbocycles. The molecule has 0 aliphatic heterocycles. The first-order valence-corrected chi connectivity index (χ1v) is 4.68. The van der Waals surface area contributed by atoms with Crippen molar-refractivity contribution in [2.24, 2.45) is 7.05 Å². The maximum atomic E-state index is 5.82. The van der Waals surface area contributed by atoms with Crippen molar-refractivity contribution in [3.05, 3.63) is 18.1 Å². The molecule has 74 valence electrons. The van der Waals surface area contributed by atoms with Crippen LogP contribution < -0.4 is 5.73 Å². The summed E-state index contributed by atoms with van der Waals surface area (Å²) in [5.41, 5.74) is 8.17. The second-order valence-electron chi connectivity index (χ2n) is 3.76. The molecule has 0 aliphatic carbocycles. The molecule has 0 radical (unpaired) electrons. The van der Waals surface area contributed by atoms with E-state index in [0.29, 0.717) is 11.6 Å². The van der Waals surface area contributed by atoms with Gasteiger partial charge >= 0.3 is 0 Å². The standard InChI is InChI=1S/C10H14N4/c1-6(2)9-13-8-7(11)4-5-12-10(8)14(9)3/h4-6H,1-3H3,(H2,11,12). The molecule has 2 N–H and O–H groups in total. The number of nitrogens with two attached hydrogens (primary N) is 1. The molecular formula is C10H14N4. The molecular weight excluding hydrogens is 176 g/mol. The van der Waals surface area contributed by atoms with Gasteiger partial charge in [-0.25, -0.2) is 9.97 Å². The van der Waals surface area contributed by atoms with Crippen molar-refractivity contribution in [2.75, 3.05) is 5.73 Å². The topological polar surface area (TPSA) is 56.7 Å². The van der Waals surface area contributed by atoms with Gasteiger partial charge in [0.15, 0.2) is 5.65 Å². The van der Waals surface area contributed by atoms with E-state index in [4.69, 9.17) is 5.73 Å². The number of imidazole rings is 1. The first-order chi connectivity index (χ1) is 6.61. The van der Waals surface area contributed by atoms with Crippen molar-refractivity contribution in [3.8, 4) is 0 Å². The van der Waals surface area contributed by atoms with Crippen LogP contribution in [-0.4, -0.2) is 14.5 Å². The van der Waals surface area contributed by atoms with Crippen LogP contribution in [0.5, 0.6) is 0 Å². The summed E-state index contributed by atoms with van der Waals surface area (Å²) in [6, 6.07) is 1.78. The average molecular weight is 190 g/mol. The van der Waals surface area contributed by atoms with Crippen LogP contribution in [0.25, 0.3) is 11.2 Å². The molecule has 0 spiro atoms.